The first-order valence-corrected chi connectivity index (χ1v) is 9.01. The molecule has 0 saturated heterocycles. The molecule has 1 aromatic carbocycles. The number of anilines is 2. The molecule has 0 aliphatic carbocycles. The largest absolute Gasteiger partial charge is 0.354 e. The zero-order valence-corrected chi connectivity index (χ0v) is 15.9. The number of pyridine rings is 2. The van der Waals surface area contributed by atoms with Crippen LogP contribution in [0.4, 0.5) is 11.4 Å². The van der Waals surface area contributed by atoms with Gasteiger partial charge < -0.3 is 10.2 Å². The van der Waals surface area contributed by atoms with Crippen LogP contribution < -0.4 is 5.32 Å². The molecule has 6 nitrogen and oxygen atoms in total. The number of amides is 1. The van der Waals surface area contributed by atoms with E-state index in [-0.39, 0.29) is 11.7 Å². The number of Topliss-reactive ketones (excluding diaryl/α,β-unsaturated/α-hetero) is 1. The lowest BCUT2D eigenvalue weighted by molar-refractivity contribution is 0.0790. The maximum absolute atomic E-state index is 12.5. The zero-order valence-electron chi connectivity index (χ0n) is 15.9. The van der Waals surface area contributed by atoms with E-state index < -0.39 is 0 Å². The Morgan fingerprint density at radius 3 is 2.25 bits per heavy atom. The van der Waals surface area contributed by atoms with Crippen LogP contribution in [-0.4, -0.2) is 40.2 Å². The first-order chi connectivity index (χ1) is 13.5. The number of carbonyl (C=O) groups excluding carboxylic acids is 2. The van der Waals surface area contributed by atoms with E-state index in [4.69, 9.17) is 0 Å². The summed E-state index contributed by atoms with van der Waals surface area (Å²) in [5, 5.41) is 3.21. The molecule has 0 bridgehead atoms. The van der Waals surface area contributed by atoms with Gasteiger partial charge >= 0.3 is 0 Å². The molecule has 28 heavy (non-hydrogen) atoms. The fourth-order valence-corrected chi connectivity index (χ4v) is 2.69. The molecular weight excluding hydrogens is 352 g/mol. The minimum atomic E-state index is -0.119. The third-order valence-corrected chi connectivity index (χ3v) is 4.39. The number of hydrogen-bond donors (Lipinski definition) is 1. The van der Waals surface area contributed by atoms with Crippen LogP contribution in [0.2, 0.25) is 0 Å². The van der Waals surface area contributed by atoms with Crippen molar-refractivity contribution in [2.75, 3.05) is 18.9 Å². The lowest BCUT2D eigenvalue weighted by Crippen LogP contribution is -2.29. The van der Waals surface area contributed by atoms with Gasteiger partial charge in [-0.15, -0.1) is 0 Å². The number of likely N-dealkylation sites (N-methyl/N-ethyl adjacent to an activating group) is 1. The number of rotatable bonds is 7. The van der Waals surface area contributed by atoms with Crippen LogP contribution in [0.15, 0.2) is 67.1 Å². The second-order valence-electron chi connectivity index (χ2n) is 6.52. The van der Waals surface area contributed by atoms with Gasteiger partial charge in [0, 0.05) is 37.2 Å². The highest BCUT2D eigenvalue weighted by Crippen LogP contribution is 2.17. The van der Waals surface area contributed by atoms with E-state index >= 15 is 0 Å². The summed E-state index contributed by atoms with van der Waals surface area (Å²) < 4.78 is 0. The molecule has 1 amide bonds. The van der Waals surface area contributed by atoms with E-state index in [0.717, 1.165) is 23.4 Å². The number of hydrogen-bond acceptors (Lipinski definition) is 5. The molecule has 6 heteroatoms. The summed E-state index contributed by atoms with van der Waals surface area (Å²) in [4.78, 5) is 33.8. The standard InChI is InChI=1S/C22H22N4O2/c1-16(27)18-3-5-19(6-4-18)25-20-7-8-21(24-15-20)22(28)26(2)14-11-17-9-12-23-13-10-17/h3-10,12-13,15,25H,11,14H2,1-2H3. The molecule has 0 spiro atoms. The summed E-state index contributed by atoms with van der Waals surface area (Å²) in [6.45, 7) is 2.14. The zero-order chi connectivity index (χ0) is 19.9. The van der Waals surface area contributed by atoms with Crippen LogP contribution in [0.25, 0.3) is 0 Å². The molecule has 1 N–H and O–H groups in total. The molecular formula is C22H22N4O2. The maximum Gasteiger partial charge on any atom is 0.272 e. The van der Waals surface area contributed by atoms with Gasteiger partial charge in [0.1, 0.15) is 5.69 Å². The smallest absolute Gasteiger partial charge is 0.272 e. The van der Waals surface area contributed by atoms with E-state index in [1.54, 1.807) is 48.7 Å². The average Bonchev–Trinajstić information content (AvgIpc) is 2.73. The molecule has 0 aliphatic heterocycles. The summed E-state index contributed by atoms with van der Waals surface area (Å²) in [5.41, 5.74) is 3.82. The SMILES string of the molecule is CC(=O)c1ccc(Nc2ccc(C(=O)N(C)CCc3ccncc3)nc2)cc1. The topological polar surface area (TPSA) is 75.2 Å². The Labute approximate surface area is 164 Å². The highest BCUT2D eigenvalue weighted by molar-refractivity contribution is 5.94. The molecule has 2 aromatic heterocycles. The molecule has 0 fully saturated rings. The Balaban J connectivity index is 1.58. The van der Waals surface area contributed by atoms with Crippen molar-refractivity contribution < 1.29 is 9.59 Å². The Bertz CT molecular complexity index is 939. The van der Waals surface area contributed by atoms with Crippen LogP contribution in [0, 0.1) is 0 Å². The maximum atomic E-state index is 12.5. The van der Waals surface area contributed by atoms with E-state index in [0.29, 0.717) is 17.8 Å². The van der Waals surface area contributed by atoms with Crippen LogP contribution >= 0.6 is 0 Å². The predicted molar refractivity (Wildman–Crippen MR) is 109 cm³/mol. The molecule has 3 rings (SSSR count). The molecule has 0 unspecified atom stereocenters. The Kier molecular flexibility index (Phi) is 6.11. The fourth-order valence-electron chi connectivity index (χ4n) is 2.69. The minimum absolute atomic E-state index is 0.0316. The quantitative estimate of drug-likeness (QED) is 0.638. The third kappa shape index (κ3) is 5.01. The monoisotopic (exact) mass is 374 g/mol. The first kappa shape index (κ1) is 19.2. The Hall–Kier alpha value is -3.54. The summed E-state index contributed by atoms with van der Waals surface area (Å²) >= 11 is 0. The molecule has 0 saturated carbocycles. The summed E-state index contributed by atoms with van der Waals surface area (Å²) in [6, 6.07) is 14.6. The van der Waals surface area contributed by atoms with E-state index in [1.165, 1.54) is 6.92 Å². The fraction of sp³-hybridized carbons (Fsp3) is 0.182. The Morgan fingerprint density at radius 2 is 1.64 bits per heavy atom. The number of nitrogens with zero attached hydrogens (tertiary/aromatic N) is 3. The average molecular weight is 374 g/mol. The van der Waals surface area contributed by atoms with Gasteiger partial charge in [-0.3, -0.25) is 14.6 Å². The van der Waals surface area contributed by atoms with Crippen molar-refractivity contribution in [3.63, 3.8) is 0 Å². The number of carbonyl (C=O) groups is 2. The number of aromatic nitrogens is 2. The first-order valence-electron chi connectivity index (χ1n) is 9.01. The van der Waals surface area contributed by atoms with Gasteiger partial charge in [0.2, 0.25) is 0 Å². The van der Waals surface area contributed by atoms with Gasteiger partial charge in [0.25, 0.3) is 5.91 Å². The van der Waals surface area contributed by atoms with E-state index in [9.17, 15) is 9.59 Å². The van der Waals surface area contributed by atoms with E-state index in [1.807, 2.05) is 30.3 Å². The van der Waals surface area contributed by atoms with Gasteiger partial charge in [-0.2, -0.15) is 0 Å². The summed E-state index contributed by atoms with van der Waals surface area (Å²) in [6.07, 6.45) is 5.89. The number of nitrogens with one attached hydrogen (secondary N) is 1. The molecule has 0 aliphatic rings. The van der Waals surface area contributed by atoms with Crippen molar-refractivity contribution in [2.45, 2.75) is 13.3 Å². The summed E-state index contributed by atoms with van der Waals surface area (Å²) in [5.74, 6) is -0.0875. The van der Waals surface area contributed by atoms with Crippen molar-refractivity contribution in [3.05, 3.63) is 83.9 Å². The van der Waals surface area contributed by atoms with Gasteiger partial charge in [-0.25, -0.2) is 4.98 Å². The second-order valence-corrected chi connectivity index (χ2v) is 6.52. The lowest BCUT2D eigenvalue weighted by atomic mass is 10.1. The summed E-state index contributed by atoms with van der Waals surface area (Å²) in [7, 11) is 1.77. The third-order valence-electron chi connectivity index (χ3n) is 4.39. The van der Waals surface area contributed by atoms with E-state index in [2.05, 4.69) is 15.3 Å². The van der Waals surface area contributed by atoms with Gasteiger partial charge in [-0.05, 0) is 67.4 Å². The van der Waals surface area contributed by atoms with Crippen molar-refractivity contribution in [2.24, 2.45) is 0 Å². The van der Waals surface area contributed by atoms with Crippen LogP contribution in [0.1, 0.15) is 33.3 Å². The molecule has 0 atom stereocenters. The van der Waals surface area contributed by atoms with Crippen LogP contribution in [0.5, 0.6) is 0 Å². The molecule has 3 aromatic rings. The molecule has 2 heterocycles. The highest BCUT2D eigenvalue weighted by Gasteiger charge is 2.13. The number of ketones is 1. The number of benzene rings is 1. The van der Waals surface area contributed by atoms with Crippen molar-refractivity contribution >= 4 is 23.1 Å². The van der Waals surface area contributed by atoms with Gasteiger partial charge in [0.15, 0.2) is 5.78 Å². The Morgan fingerprint density at radius 1 is 0.964 bits per heavy atom. The van der Waals surface area contributed by atoms with Crippen molar-refractivity contribution in [1.82, 2.24) is 14.9 Å². The second kappa shape index (κ2) is 8.90. The lowest BCUT2D eigenvalue weighted by Gasteiger charge is -2.17. The normalized spacial score (nSPS) is 10.4. The van der Waals surface area contributed by atoms with Gasteiger partial charge in [0.05, 0.1) is 11.9 Å². The highest BCUT2D eigenvalue weighted by atomic mass is 16.2. The van der Waals surface area contributed by atoms with Crippen molar-refractivity contribution in [1.29, 1.82) is 0 Å². The van der Waals surface area contributed by atoms with Crippen LogP contribution in [-0.2, 0) is 6.42 Å². The molecule has 142 valence electrons. The van der Waals surface area contributed by atoms with Crippen LogP contribution in [0.3, 0.4) is 0 Å². The predicted octanol–water partition coefficient (Wildman–Crippen LogP) is 3.74. The van der Waals surface area contributed by atoms with Gasteiger partial charge in [-0.1, -0.05) is 0 Å². The van der Waals surface area contributed by atoms with Crippen molar-refractivity contribution in [3.8, 4) is 0 Å². The minimum Gasteiger partial charge on any atom is -0.354 e. The molecule has 0 radical (unpaired) electrons.